The van der Waals surface area contributed by atoms with E-state index >= 15 is 0 Å². The number of thioether (sulfide) groups is 1. The lowest BCUT2D eigenvalue weighted by Gasteiger charge is -2.30. The molecule has 4 N–H and O–H groups in total. The number of carbonyl (C=O) groups excluding carboxylic acids is 1. The molecule has 2 rings (SSSR count). The number of nitrogens with one attached hydrogen (secondary N) is 2. The number of aliphatic imine (C=N–C) groups is 1. The second-order valence-corrected chi connectivity index (χ2v) is 8.16. The van der Waals surface area contributed by atoms with Crippen LogP contribution in [0.2, 0.25) is 0 Å². The lowest BCUT2D eigenvalue weighted by molar-refractivity contribution is -0.156. The number of amides is 1. The minimum absolute atomic E-state index is 0.0825. The number of anilines is 1. The van der Waals surface area contributed by atoms with Crippen molar-refractivity contribution in [1.29, 1.82) is 0 Å². The summed E-state index contributed by atoms with van der Waals surface area (Å²) in [4.78, 5) is 17.0. The molecule has 1 aliphatic heterocycles. The lowest BCUT2D eigenvalue weighted by atomic mass is 9.89. The summed E-state index contributed by atoms with van der Waals surface area (Å²) in [6, 6.07) is 4.26. The number of allylic oxidation sites excluding steroid dienone is 1. The Morgan fingerprint density at radius 1 is 1.40 bits per heavy atom. The van der Waals surface area contributed by atoms with Crippen molar-refractivity contribution in [1.82, 2.24) is 5.32 Å². The van der Waals surface area contributed by atoms with Gasteiger partial charge in [0, 0.05) is 19.0 Å². The van der Waals surface area contributed by atoms with Gasteiger partial charge >= 0.3 is 6.18 Å². The molecule has 0 aliphatic carbocycles. The molecule has 0 saturated heterocycles. The Bertz CT molecular complexity index is 882. The zero-order chi connectivity index (χ0) is 22.5. The summed E-state index contributed by atoms with van der Waals surface area (Å²) in [5.74, 6) is -2.41. The molecule has 0 spiro atoms. The van der Waals surface area contributed by atoms with Gasteiger partial charge < -0.3 is 16.4 Å². The first-order valence-corrected chi connectivity index (χ1v) is 10.2. The van der Waals surface area contributed by atoms with Crippen LogP contribution in [-0.2, 0) is 10.3 Å². The van der Waals surface area contributed by atoms with Crippen LogP contribution in [0.1, 0.15) is 25.8 Å². The van der Waals surface area contributed by atoms with Crippen LogP contribution in [0.25, 0.3) is 0 Å². The molecule has 164 valence electrons. The smallest absolute Gasteiger partial charge is 0.393 e. The highest BCUT2D eigenvalue weighted by Gasteiger charge is 2.34. The predicted molar refractivity (Wildman–Crippen MR) is 113 cm³/mol. The maximum absolute atomic E-state index is 14.3. The number of hydrogen-bond donors (Lipinski definition) is 3. The molecule has 0 radical (unpaired) electrons. The van der Waals surface area contributed by atoms with Gasteiger partial charge in [-0.15, -0.1) is 0 Å². The van der Waals surface area contributed by atoms with Crippen molar-refractivity contribution in [3.63, 3.8) is 0 Å². The van der Waals surface area contributed by atoms with E-state index in [1.54, 1.807) is 6.07 Å². The second-order valence-electron chi connectivity index (χ2n) is 7.05. The van der Waals surface area contributed by atoms with Crippen molar-refractivity contribution in [3.05, 3.63) is 53.5 Å². The molecule has 1 aromatic rings. The summed E-state index contributed by atoms with van der Waals surface area (Å²) >= 11 is 1.43. The van der Waals surface area contributed by atoms with Crippen LogP contribution in [0.3, 0.4) is 0 Å². The Kier molecular flexibility index (Phi) is 7.57. The Hall–Kier alpha value is -2.49. The molecular weight excluding hydrogens is 420 g/mol. The van der Waals surface area contributed by atoms with Gasteiger partial charge in [-0.1, -0.05) is 36.9 Å². The second kappa shape index (κ2) is 9.55. The van der Waals surface area contributed by atoms with Crippen molar-refractivity contribution in [2.75, 3.05) is 18.1 Å². The molecule has 0 saturated carbocycles. The number of benzene rings is 1. The Morgan fingerprint density at radius 3 is 2.70 bits per heavy atom. The van der Waals surface area contributed by atoms with Gasteiger partial charge in [-0.3, -0.25) is 9.79 Å². The highest BCUT2D eigenvalue weighted by atomic mass is 32.2. The number of carbonyl (C=O) groups is 1. The molecule has 1 amide bonds. The average Bonchev–Trinajstić information content (AvgIpc) is 2.65. The van der Waals surface area contributed by atoms with Crippen LogP contribution in [0.4, 0.5) is 23.2 Å². The third-order valence-electron chi connectivity index (χ3n) is 4.68. The zero-order valence-corrected chi connectivity index (χ0v) is 17.6. The third-order valence-corrected chi connectivity index (χ3v) is 5.47. The minimum atomic E-state index is -4.42. The van der Waals surface area contributed by atoms with E-state index in [-0.39, 0.29) is 11.3 Å². The quantitative estimate of drug-likeness (QED) is 0.348. The third kappa shape index (κ3) is 6.01. The van der Waals surface area contributed by atoms with Gasteiger partial charge in [-0.2, -0.15) is 13.2 Å². The fourth-order valence-electron chi connectivity index (χ4n) is 2.75. The van der Waals surface area contributed by atoms with E-state index in [1.807, 2.05) is 6.92 Å². The van der Waals surface area contributed by atoms with Crippen molar-refractivity contribution in [2.24, 2.45) is 16.6 Å². The Balaban J connectivity index is 2.27. The highest BCUT2D eigenvalue weighted by molar-refractivity contribution is 8.13. The Labute approximate surface area is 176 Å². The van der Waals surface area contributed by atoms with Crippen LogP contribution >= 0.6 is 11.8 Å². The topological polar surface area (TPSA) is 79.5 Å². The number of halogens is 4. The van der Waals surface area contributed by atoms with Crippen molar-refractivity contribution in [3.8, 4) is 0 Å². The van der Waals surface area contributed by atoms with Gasteiger partial charge in [0.15, 0.2) is 5.17 Å². The van der Waals surface area contributed by atoms with Gasteiger partial charge in [0.1, 0.15) is 5.82 Å². The number of amidine groups is 1. The van der Waals surface area contributed by atoms with E-state index in [2.05, 4.69) is 15.6 Å². The van der Waals surface area contributed by atoms with Gasteiger partial charge in [0.2, 0.25) is 0 Å². The van der Waals surface area contributed by atoms with Crippen molar-refractivity contribution >= 4 is 28.5 Å². The number of nitrogens with two attached hydrogens (primary N) is 1. The molecule has 30 heavy (non-hydrogen) atoms. The molecule has 5 nitrogen and oxygen atoms in total. The van der Waals surface area contributed by atoms with Crippen LogP contribution in [0.15, 0.2) is 47.1 Å². The average molecular weight is 444 g/mol. The van der Waals surface area contributed by atoms with Gasteiger partial charge in [-0.25, -0.2) is 4.39 Å². The normalized spacial score (nSPS) is 21.3. The van der Waals surface area contributed by atoms with E-state index in [0.717, 1.165) is 24.8 Å². The number of nitrogens with zero attached hydrogens (tertiary/aromatic N) is 1. The lowest BCUT2D eigenvalue weighted by Crippen LogP contribution is -2.29. The van der Waals surface area contributed by atoms with E-state index in [4.69, 9.17) is 5.73 Å². The molecule has 2 atom stereocenters. The molecule has 1 aromatic carbocycles. The molecule has 1 heterocycles. The maximum Gasteiger partial charge on any atom is 0.394 e. The first-order valence-electron chi connectivity index (χ1n) is 9.18. The molecular formula is C20H24F4N4OS. The van der Waals surface area contributed by atoms with Gasteiger partial charge in [0.25, 0.3) is 5.91 Å². The monoisotopic (exact) mass is 444 g/mol. The highest BCUT2D eigenvalue weighted by Crippen LogP contribution is 2.36. The fourth-order valence-corrected chi connectivity index (χ4v) is 3.72. The molecule has 0 bridgehead atoms. The van der Waals surface area contributed by atoms with Crippen LogP contribution in [0.5, 0.6) is 0 Å². The predicted octanol–water partition coefficient (Wildman–Crippen LogP) is 4.29. The number of alkyl halides is 3. The van der Waals surface area contributed by atoms with E-state index in [1.165, 1.54) is 37.1 Å². The maximum atomic E-state index is 14.3. The van der Waals surface area contributed by atoms with Gasteiger partial charge in [-0.05, 0) is 31.0 Å². The summed E-state index contributed by atoms with van der Waals surface area (Å²) < 4.78 is 52.5. The van der Waals surface area contributed by atoms with Crippen LogP contribution in [-0.4, -0.2) is 30.1 Å². The summed E-state index contributed by atoms with van der Waals surface area (Å²) in [5, 5.41) is 5.46. The summed E-state index contributed by atoms with van der Waals surface area (Å²) in [5.41, 5.74) is 5.66. The summed E-state index contributed by atoms with van der Waals surface area (Å²) in [6.07, 6.45) is -0.583. The first-order chi connectivity index (χ1) is 14.0. The zero-order valence-electron chi connectivity index (χ0n) is 16.8. The van der Waals surface area contributed by atoms with Crippen molar-refractivity contribution < 1.29 is 22.4 Å². The van der Waals surface area contributed by atoms with Gasteiger partial charge in [0.05, 0.1) is 22.7 Å². The van der Waals surface area contributed by atoms with Crippen LogP contribution in [0, 0.1) is 11.7 Å². The SMILES string of the molecule is CN/C=C(\C=C/C(C)C(F)(F)F)C(=O)Nc1cc(C2(C)CCSC(N)=N2)ccc1F. The van der Waals surface area contributed by atoms with E-state index in [9.17, 15) is 22.4 Å². The standard InChI is InChI=1S/C20H24F4N4OS/c1-12(20(22,23)24)4-5-13(11-26-3)17(29)27-16-10-14(6-7-15(16)21)19(2)8-9-30-18(25)28-19/h4-7,10-12,26H,8-9H2,1-3H3,(H2,25,28)(H,27,29)/b5-4-,13-11+. The summed E-state index contributed by atoms with van der Waals surface area (Å²) in [7, 11) is 1.50. The molecule has 2 unspecified atom stereocenters. The molecule has 10 heteroatoms. The number of hydrogen-bond acceptors (Lipinski definition) is 5. The van der Waals surface area contributed by atoms with E-state index in [0.29, 0.717) is 17.2 Å². The molecule has 0 fully saturated rings. The number of rotatable bonds is 6. The van der Waals surface area contributed by atoms with Crippen LogP contribution < -0.4 is 16.4 Å². The molecule has 1 aliphatic rings. The summed E-state index contributed by atoms with van der Waals surface area (Å²) in [6.45, 7) is 2.84. The fraction of sp³-hybridized carbons (Fsp3) is 0.400. The largest absolute Gasteiger partial charge is 0.394 e. The van der Waals surface area contributed by atoms with E-state index < -0.39 is 29.4 Å². The first kappa shape index (κ1) is 23.8. The minimum Gasteiger partial charge on any atom is -0.393 e. The van der Waals surface area contributed by atoms with Crippen molar-refractivity contribution in [2.45, 2.75) is 32.0 Å². The Morgan fingerprint density at radius 2 is 2.10 bits per heavy atom. The molecule has 0 aromatic heterocycles.